The standard InChI is InChI=1S/C13H20O2/c1-5-6-9(14)11-8(2)12-10(15-12)7-13(11,3)4/h5,8,10-12H,1,6-7H2,2-4H3. The smallest absolute Gasteiger partial charge is 0.140 e. The van der Waals surface area contributed by atoms with Crippen molar-refractivity contribution in [2.75, 3.05) is 0 Å². The van der Waals surface area contributed by atoms with E-state index in [2.05, 4.69) is 27.4 Å². The number of ketones is 1. The minimum absolute atomic E-state index is 0.0805. The first-order chi connectivity index (χ1) is 6.97. The number of hydrogen-bond acceptors (Lipinski definition) is 2. The van der Waals surface area contributed by atoms with E-state index in [9.17, 15) is 4.79 Å². The molecule has 1 saturated heterocycles. The normalized spacial score (nSPS) is 41.8. The Labute approximate surface area is 91.7 Å². The number of epoxide rings is 1. The number of ether oxygens (including phenoxy) is 1. The fourth-order valence-corrected chi connectivity index (χ4v) is 3.33. The van der Waals surface area contributed by atoms with Gasteiger partial charge in [-0.3, -0.25) is 4.79 Å². The van der Waals surface area contributed by atoms with E-state index in [4.69, 9.17) is 4.74 Å². The topological polar surface area (TPSA) is 29.6 Å². The Hall–Kier alpha value is -0.630. The van der Waals surface area contributed by atoms with E-state index >= 15 is 0 Å². The Morgan fingerprint density at radius 1 is 1.60 bits per heavy atom. The molecule has 0 aromatic rings. The van der Waals surface area contributed by atoms with Crippen molar-refractivity contribution >= 4 is 5.78 Å². The highest BCUT2D eigenvalue weighted by atomic mass is 16.6. The predicted molar refractivity (Wildman–Crippen MR) is 59.5 cm³/mol. The van der Waals surface area contributed by atoms with Gasteiger partial charge in [-0.1, -0.05) is 26.8 Å². The van der Waals surface area contributed by atoms with E-state index in [0.29, 0.717) is 30.3 Å². The van der Waals surface area contributed by atoms with E-state index in [1.54, 1.807) is 6.08 Å². The molecule has 0 amide bonds. The van der Waals surface area contributed by atoms with E-state index in [1.807, 2.05) is 0 Å². The van der Waals surface area contributed by atoms with Gasteiger partial charge in [-0.2, -0.15) is 0 Å². The molecule has 1 heterocycles. The molecule has 15 heavy (non-hydrogen) atoms. The summed E-state index contributed by atoms with van der Waals surface area (Å²) < 4.78 is 5.61. The van der Waals surface area contributed by atoms with Crippen LogP contribution in [0.2, 0.25) is 0 Å². The minimum atomic E-state index is 0.0805. The highest BCUT2D eigenvalue weighted by molar-refractivity contribution is 5.83. The van der Waals surface area contributed by atoms with E-state index in [1.165, 1.54) is 0 Å². The summed E-state index contributed by atoms with van der Waals surface area (Å²) in [5.41, 5.74) is 0.0805. The summed E-state index contributed by atoms with van der Waals surface area (Å²) >= 11 is 0. The Bertz CT molecular complexity index is 293. The lowest BCUT2D eigenvalue weighted by Crippen LogP contribution is -2.42. The Morgan fingerprint density at radius 2 is 2.27 bits per heavy atom. The van der Waals surface area contributed by atoms with Gasteiger partial charge in [0.05, 0.1) is 12.2 Å². The van der Waals surface area contributed by atoms with Crippen molar-refractivity contribution < 1.29 is 9.53 Å². The number of fused-ring (bicyclic) bond motifs is 1. The van der Waals surface area contributed by atoms with Gasteiger partial charge in [-0.25, -0.2) is 0 Å². The quantitative estimate of drug-likeness (QED) is 0.527. The molecule has 2 nitrogen and oxygen atoms in total. The van der Waals surface area contributed by atoms with Crippen LogP contribution in [0.25, 0.3) is 0 Å². The van der Waals surface area contributed by atoms with Crippen LogP contribution in [-0.2, 0) is 9.53 Å². The van der Waals surface area contributed by atoms with Gasteiger partial charge in [-0.15, -0.1) is 6.58 Å². The fraction of sp³-hybridized carbons (Fsp3) is 0.769. The molecule has 1 saturated carbocycles. The van der Waals surface area contributed by atoms with Crippen molar-refractivity contribution in [1.29, 1.82) is 0 Å². The molecule has 4 unspecified atom stereocenters. The van der Waals surface area contributed by atoms with E-state index < -0.39 is 0 Å². The Kier molecular flexibility index (Phi) is 2.50. The van der Waals surface area contributed by atoms with Crippen LogP contribution in [0.15, 0.2) is 12.7 Å². The molecule has 1 aliphatic carbocycles. The van der Waals surface area contributed by atoms with Gasteiger partial charge in [0.1, 0.15) is 5.78 Å². The summed E-state index contributed by atoms with van der Waals surface area (Å²) in [7, 11) is 0. The van der Waals surface area contributed by atoms with Crippen LogP contribution in [0.5, 0.6) is 0 Å². The maximum atomic E-state index is 12.1. The molecule has 0 aromatic carbocycles. The van der Waals surface area contributed by atoms with Gasteiger partial charge in [-0.05, 0) is 17.8 Å². The predicted octanol–water partition coefficient (Wildman–Crippen LogP) is 2.58. The first kappa shape index (κ1) is 10.9. The third kappa shape index (κ3) is 1.76. The monoisotopic (exact) mass is 208 g/mol. The van der Waals surface area contributed by atoms with Gasteiger partial charge in [0, 0.05) is 12.3 Å². The molecule has 0 spiro atoms. The molecule has 84 valence electrons. The van der Waals surface area contributed by atoms with Crippen LogP contribution in [0.1, 0.15) is 33.6 Å². The van der Waals surface area contributed by atoms with Crippen LogP contribution >= 0.6 is 0 Å². The largest absolute Gasteiger partial charge is 0.369 e. The molecule has 2 heteroatoms. The van der Waals surface area contributed by atoms with Crippen molar-refractivity contribution in [3.05, 3.63) is 12.7 Å². The molecule has 2 aliphatic rings. The molecule has 2 fully saturated rings. The molecular formula is C13H20O2. The number of carbonyl (C=O) groups excluding carboxylic acids is 1. The number of rotatable bonds is 3. The Morgan fingerprint density at radius 3 is 2.87 bits per heavy atom. The van der Waals surface area contributed by atoms with E-state index in [-0.39, 0.29) is 11.3 Å². The third-order valence-electron chi connectivity index (χ3n) is 3.93. The zero-order valence-electron chi connectivity index (χ0n) is 9.82. The van der Waals surface area contributed by atoms with Gasteiger partial charge in [0.15, 0.2) is 0 Å². The van der Waals surface area contributed by atoms with Crippen LogP contribution in [0.4, 0.5) is 0 Å². The number of allylic oxidation sites excluding steroid dienone is 1. The maximum Gasteiger partial charge on any atom is 0.140 e. The number of Topliss-reactive ketones (excluding diaryl/α,β-unsaturated/α-hetero) is 1. The third-order valence-corrected chi connectivity index (χ3v) is 3.93. The second-order valence-corrected chi connectivity index (χ2v) is 5.63. The molecule has 0 radical (unpaired) electrons. The molecule has 0 bridgehead atoms. The second kappa shape index (κ2) is 3.44. The molecule has 0 N–H and O–H groups in total. The lowest BCUT2D eigenvalue weighted by molar-refractivity contribution is -0.129. The van der Waals surface area contributed by atoms with Crippen LogP contribution in [0.3, 0.4) is 0 Å². The van der Waals surface area contributed by atoms with Crippen molar-refractivity contribution in [3.8, 4) is 0 Å². The van der Waals surface area contributed by atoms with Crippen molar-refractivity contribution in [1.82, 2.24) is 0 Å². The molecule has 2 rings (SSSR count). The first-order valence-electron chi connectivity index (χ1n) is 5.76. The highest BCUT2D eigenvalue weighted by Gasteiger charge is 2.57. The maximum absolute atomic E-state index is 12.1. The molecular weight excluding hydrogens is 188 g/mol. The SMILES string of the molecule is C=CCC(=O)C1C(C)C2OC2CC1(C)C. The molecule has 1 aliphatic heterocycles. The number of carbonyl (C=O) groups is 1. The average molecular weight is 208 g/mol. The summed E-state index contributed by atoms with van der Waals surface area (Å²) in [6.45, 7) is 10.2. The van der Waals surface area contributed by atoms with E-state index in [0.717, 1.165) is 6.42 Å². The van der Waals surface area contributed by atoms with Crippen molar-refractivity contribution in [2.24, 2.45) is 17.3 Å². The van der Waals surface area contributed by atoms with Gasteiger partial charge >= 0.3 is 0 Å². The first-order valence-corrected chi connectivity index (χ1v) is 5.76. The van der Waals surface area contributed by atoms with Gasteiger partial charge < -0.3 is 4.74 Å². The molecule has 0 aromatic heterocycles. The second-order valence-electron chi connectivity index (χ2n) is 5.63. The zero-order chi connectivity index (χ0) is 11.2. The summed E-state index contributed by atoms with van der Waals surface area (Å²) in [4.78, 5) is 12.1. The highest BCUT2D eigenvalue weighted by Crippen LogP contribution is 2.53. The lowest BCUT2D eigenvalue weighted by Gasteiger charge is -2.39. The van der Waals surface area contributed by atoms with Crippen LogP contribution < -0.4 is 0 Å². The fourth-order valence-electron chi connectivity index (χ4n) is 3.33. The zero-order valence-corrected chi connectivity index (χ0v) is 9.82. The van der Waals surface area contributed by atoms with Gasteiger partial charge in [0.25, 0.3) is 0 Å². The van der Waals surface area contributed by atoms with Gasteiger partial charge in [0.2, 0.25) is 0 Å². The Balaban J connectivity index is 2.18. The summed E-state index contributed by atoms with van der Waals surface area (Å²) in [6, 6.07) is 0. The summed E-state index contributed by atoms with van der Waals surface area (Å²) in [6.07, 6.45) is 4.00. The summed E-state index contributed by atoms with van der Waals surface area (Å²) in [5.74, 6) is 0.835. The number of hydrogen-bond donors (Lipinski definition) is 0. The lowest BCUT2D eigenvalue weighted by atomic mass is 9.62. The van der Waals surface area contributed by atoms with Crippen molar-refractivity contribution in [3.63, 3.8) is 0 Å². The molecule has 4 atom stereocenters. The summed E-state index contributed by atoms with van der Waals surface area (Å²) in [5, 5.41) is 0. The van der Waals surface area contributed by atoms with Crippen molar-refractivity contribution in [2.45, 2.75) is 45.8 Å². The van der Waals surface area contributed by atoms with Crippen LogP contribution in [-0.4, -0.2) is 18.0 Å². The minimum Gasteiger partial charge on any atom is -0.369 e. The van der Waals surface area contributed by atoms with Crippen LogP contribution in [0, 0.1) is 17.3 Å². The average Bonchev–Trinajstić information content (AvgIpc) is 2.81.